The van der Waals surface area contributed by atoms with Crippen molar-refractivity contribution in [2.45, 2.75) is 43.5 Å². The third kappa shape index (κ3) is 5.56. The van der Waals surface area contributed by atoms with Gasteiger partial charge in [0.2, 0.25) is 0 Å². The van der Waals surface area contributed by atoms with Crippen LogP contribution in [0.4, 0.5) is 13.2 Å². The molecule has 2 aromatic heterocycles. The summed E-state index contributed by atoms with van der Waals surface area (Å²) in [4.78, 5) is 22.1. The van der Waals surface area contributed by atoms with Crippen molar-refractivity contribution in [1.82, 2.24) is 9.97 Å². The first-order valence-corrected chi connectivity index (χ1v) is 12.6. The van der Waals surface area contributed by atoms with Gasteiger partial charge < -0.3 is 5.11 Å². The third-order valence-electron chi connectivity index (χ3n) is 4.98. The first kappa shape index (κ1) is 23.7. The Kier molecular flexibility index (Phi) is 6.78. The van der Waals surface area contributed by atoms with Crippen LogP contribution in [0.5, 0.6) is 0 Å². The number of hydrogen-bond donors (Lipinski definition) is 1. The number of thioether (sulfide) groups is 1. The minimum atomic E-state index is -4.35. The van der Waals surface area contributed by atoms with Crippen molar-refractivity contribution < 1.29 is 23.1 Å². The van der Waals surface area contributed by atoms with E-state index in [9.17, 15) is 18.0 Å². The number of hydrogen-bond acceptors (Lipinski definition) is 6. The van der Waals surface area contributed by atoms with Gasteiger partial charge in [0.05, 0.1) is 32.9 Å². The van der Waals surface area contributed by atoms with Crippen LogP contribution in [0.1, 0.15) is 33.1 Å². The second-order valence-electron chi connectivity index (χ2n) is 7.48. The average Bonchev–Trinajstić information content (AvgIpc) is 3.33. The summed E-state index contributed by atoms with van der Waals surface area (Å²) in [7, 11) is 0. The molecule has 4 nitrogen and oxygen atoms in total. The Morgan fingerprint density at radius 3 is 2.48 bits per heavy atom. The number of rotatable bonds is 7. The molecule has 0 saturated heterocycles. The molecule has 0 radical (unpaired) electrons. The lowest BCUT2D eigenvalue weighted by molar-refractivity contribution is -0.138. The van der Waals surface area contributed by atoms with E-state index < -0.39 is 17.7 Å². The number of nitrogens with zero attached hydrogens (tertiary/aromatic N) is 2. The van der Waals surface area contributed by atoms with Gasteiger partial charge in [0, 0.05) is 27.5 Å². The van der Waals surface area contributed by atoms with E-state index in [-0.39, 0.29) is 6.42 Å². The number of alkyl halides is 3. The number of carboxylic acids is 1. The molecule has 2 aromatic carbocycles. The summed E-state index contributed by atoms with van der Waals surface area (Å²) >= 11 is 4.67. The van der Waals surface area contributed by atoms with Crippen LogP contribution in [0.25, 0.3) is 20.8 Å². The predicted molar refractivity (Wildman–Crippen MR) is 127 cm³/mol. The normalized spacial score (nSPS) is 11.9. The molecule has 0 fully saturated rings. The number of carboxylic acid groups (broad SMARTS) is 1. The zero-order valence-electron chi connectivity index (χ0n) is 17.7. The molecule has 172 valence electrons. The Bertz CT molecular complexity index is 1310. The molecule has 0 aliphatic heterocycles. The Balaban J connectivity index is 1.49. The smallest absolute Gasteiger partial charge is 0.416 e. The fourth-order valence-electron chi connectivity index (χ4n) is 3.25. The largest absolute Gasteiger partial charge is 0.481 e. The number of aryl methyl sites for hydroxylation is 3. The van der Waals surface area contributed by atoms with Crippen LogP contribution < -0.4 is 0 Å². The number of fused-ring (bicyclic) bond motifs is 1. The van der Waals surface area contributed by atoms with Crippen molar-refractivity contribution in [2.24, 2.45) is 0 Å². The van der Waals surface area contributed by atoms with Crippen LogP contribution in [0.15, 0.2) is 41.3 Å². The summed E-state index contributed by atoms with van der Waals surface area (Å²) in [6.07, 6.45) is -3.87. The molecule has 33 heavy (non-hydrogen) atoms. The Morgan fingerprint density at radius 1 is 1.09 bits per heavy atom. The first-order valence-electron chi connectivity index (χ1n) is 9.99. The maximum absolute atomic E-state index is 12.8. The maximum atomic E-state index is 12.8. The topological polar surface area (TPSA) is 63.1 Å². The molecule has 0 saturated carbocycles. The molecule has 0 atom stereocenters. The van der Waals surface area contributed by atoms with Gasteiger partial charge in [-0.25, -0.2) is 9.97 Å². The lowest BCUT2D eigenvalue weighted by Crippen LogP contribution is -2.03. The Morgan fingerprint density at radius 2 is 1.82 bits per heavy atom. The molecule has 0 bridgehead atoms. The van der Waals surface area contributed by atoms with Gasteiger partial charge >= 0.3 is 12.1 Å². The summed E-state index contributed by atoms with van der Waals surface area (Å²) in [5.74, 6) is -0.141. The van der Waals surface area contributed by atoms with Gasteiger partial charge in [0.25, 0.3) is 0 Å². The average molecular weight is 509 g/mol. The Labute approximate surface area is 200 Å². The van der Waals surface area contributed by atoms with Gasteiger partial charge in [0.15, 0.2) is 0 Å². The molecular formula is C23H19F3N2O2S3. The SMILES string of the molecule is Cc1nc(-c2ccc(C(F)(F)F)cc2)sc1CSc1cc(C)c2nc(CCC(=O)O)sc2c1. The summed E-state index contributed by atoms with van der Waals surface area (Å²) in [5.41, 5.74) is 2.81. The number of thiazole rings is 2. The molecule has 0 unspecified atom stereocenters. The van der Waals surface area contributed by atoms with E-state index >= 15 is 0 Å². The van der Waals surface area contributed by atoms with Crippen molar-refractivity contribution in [3.05, 3.63) is 63.1 Å². The molecule has 4 rings (SSSR count). The zero-order valence-corrected chi connectivity index (χ0v) is 20.1. The molecule has 0 aliphatic rings. The molecule has 0 spiro atoms. The van der Waals surface area contributed by atoms with E-state index in [1.165, 1.54) is 34.8 Å². The highest BCUT2D eigenvalue weighted by Crippen LogP contribution is 2.37. The lowest BCUT2D eigenvalue weighted by atomic mass is 10.1. The monoisotopic (exact) mass is 508 g/mol. The summed E-state index contributed by atoms with van der Waals surface area (Å²) in [6.45, 7) is 3.90. The van der Waals surface area contributed by atoms with Crippen molar-refractivity contribution in [3.63, 3.8) is 0 Å². The van der Waals surface area contributed by atoms with Gasteiger partial charge in [0.1, 0.15) is 5.01 Å². The highest BCUT2D eigenvalue weighted by Gasteiger charge is 2.30. The number of carbonyl (C=O) groups is 1. The maximum Gasteiger partial charge on any atom is 0.416 e. The van der Waals surface area contributed by atoms with E-state index in [0.717, 1.165) is 48.4 Å². The van der Waals surface area contributed by atoms with Gasteiger partial charge in [-0.3, -0.25) is 4.79 Å². The van der Waals surface area contributed by atoms with Crippen LogP contribution in [0.3, 0.4) is 0 Å². The molecule has 2 heterocycles. The summed E-state index contributed by atoms with van der Waals surface area (Å²) in [6, 6.07) is 9.22. The fourth-order valence-corrected chi connectivity index (χ4v) is 6.65. The van der Waals surface area contributed by atoms with Crippen molar-refractivity contribution in [3.8, 4) is 10.6 Å². The lowest BCUT2D eigenvalue weighted by Gasteiger charge is -2.06. The molecule has 0 amide bonds. The minimum Gasteiger partial charge on any atom is -0.481 e. The van der Waals surface area contributed by atoms with Gasteiger partial charge in [-0.15, -0.1) is 34.4 Å². The van der Waals surface area contributed by atoms with Gasteiger partial charge in [-0.05, 0) is 43.7 Å². The third-order valence-corrected chi connectivity index (χ3v) is 8.43. The van der Waals surface area contributed by atoms with Crippen molar-refractivity contribution in [1.29, 1.82) is 0 Å². The quantitative estimate of drug-likeness (QED) is 0.264. The number of aromatic nitrogens is 2. The van der Waals surface area contributed by atoms with E-state index in [1.54, 1.807) is 11.8 Å². The van der Waals surface area contributed by atoms with Crippen LogP contribution in [-0.4, -0.2) is 21.0 Å². The molecular weight excluding hydrogens is 489 g/mol. The molecule has 10 heteroatoms. The number of benzene rings is 2. The first-order chi connectivity index (χ1) is 15.6. The van der Waals surface area contributed by atoms with Gasteiger partial charge in [-0.1, -0.05) is 12.1 Å². The summed E-state index contributed by atoms with van der Waals surface area (Å²) in [5, 5.41) is 10.4. The predicted octanol–water partition coefficient (Wildman–Crippen LogP) is 7.36. The van der Waals surface area contributed by atoms with Crippen molar-refractivity contribution in [2.75, 3.05) is 0 Å². The minimum absolute atomic E-state index is 0.0619. The van der Waals surface area contributed by atoms with E-state index in [1.807, 2.05) is 13.8 Å². The van der Waals surface area contributed by atoms with Crippen LogP contribution >= 0.6 is 34.4 Å². The van der Waals surface area contributed by atoms with Crippen LogP contribution in [-0.2, 0) is 23.1 Å². The van der Waals surface area contributed by atoms with Crippen LogP contribution in [0.2, 0.25) is 0 Å². The van der Waals surface area contributed by atoms with E-state index in [2.05, 4.69) is 22.1 Å². The second-order valence-corrected chi connectivity index (χ2v) is 10.7. The van der Waals surface area contributed by atoms with Crippen LogP contribution in [0, 0.1) is 13.8 Å². The molecule has 1 N–H and O–H groups in total. The number of halogens is 3. The Hall–Kier alpha value is -2.43. The van der Waals surface area contributed by atoms with E-state index in [0.29, 0.717) is 22.7 Å². The van der Waals surface area contributed by atoms with E-state index in [4.69, 9.17) is 5.11 Å². The number of aliphatic carboxylic acids is 1. The molecule has 0 aliphatic carbocycles. The standard InChI is InChI=1S/C23H19F3N2O2S3/c1-12-9-16(10-17-21(12)28-19(32-17)7-8-20(29)30)31-11-18-13(2)27-22(33-18)14-3-5-15(6-4-14)23(24,25)26/h3-6,9-10H,7-8,11H2,1-2H3,(H,29,30). The zero-order chi connectivity index (χ0) is 23.8. The molecule has 4 aromatic rings. The second kappa shape index (κ2) is 9.44. The van der Waals surface area contributed by atoms with Crippen molar-refractivity contribution >= 4 is 50.6 Å². The highest BCUT2D eigenvalue weighted by atomic mass is 32.2. The highest BCUT2D eigenvalue weighted by molar-refractivity contribution is 7.98. The summed E-state index contributed by atoms with van der Waals surface area (Å²) < 4.78 is 39.5. The fraction of sp³-hybridized carbons (Fsp3) is 0.261. The van der Waals surface area contributed by atoms with Gasteiger partial charge in [-0.2, -0.15) is 13.2 Å².